The van der Waals surface area contributed by atoms with Crippen molar-refractivity contribution in [2.45, 2.75) is 18.9 Å². The zero-order valence-corrected chi connectivity index (χ0v) is 9.35. The second kappa shape index (κ2) is 5.07. The molecule has 0 atom stereocenters. The smallest absolute Gasteiger partial charge is 0.255 e. The third-order valence-corrected chi connectivity index (χ3v) is 2.92. The van der Waals surface area contributed by atoms with Gasteiger partial charge in [0.15, 0.2) is 0 Å². The summed E-state index contributed by atoms with van der Waals surface area (Å²) in [6, 6.07) is 3.68. The van der Waals surface area contributed by atoms with Crippen molar-refractivity contribution in [3.8, 4) is 0 Å². The van der Waals surface area contributed by atoms with Crippen LogP contribution in [0.2, 0.25) is 0 Å². The molecule has 1 aromatic heterocycles. The summed E-state index contributed by atoms with van der Waals surface area (Å²) in [5.41, 5.74) is 0.618. The first-order valence-corrected chi connectivity index (χ1v) is 5.46. The highest BCUT2D eigenvalue weighted by Gasteiger charge is 2.23. The van der Waals surface area contributed by atoms with E-state index in [9.17, 15) is 4.79 Å². The van der Waals surface area contributed by atoms with Crippen LogP contribution in [0, 0.1) is 6.20 Å². The maximum atomic E-state index is 12.1. The molecule has 0 bridgehead atoms. The van der Waals surface area contributed by atoms with Crippen LogP contribution in [-0.4, -0.2) is 42.1 Å². The molecule has 1 aliphatic rings. The molecule has 85 valence electrons. The number of ether oxygens (including phenoxy) is 1. The van der Waals surface area contributed by atoms with Gasteiger partial charge in [0.2, 0.25) is 0 Å². The molecule has 1 saturated heterocycles. The number of pyridine rings is 1. The molecule has 0 aromatic carbocycles. The highest BCUT2D eigenvalue weighted by molar-refractivity contribution is 5.93. The van der Waals surface area contributed by atoms with E-state index in [4.69, 9.17) is 4.74 Å². The second-order valence-corrected chi connectivity index (χ2v) is 3.94. The Balaban J connectivity index is 2.04. The topological polar surface area (TPSA) is 42.4 Å². The molecule has 1 amide bonds. The van der Waals surface area contributed by atoms with E-state index in [2.05, 4.69) is 11.2 Å². The zero-order valence-electron chi connectivity index (χ0n) is 9.35. The predicted octanol–water partition coefficient (Wildman–Crippen LogP) is 1.13. The summed E-state index contributed by atoms with van der Waals surface area (Å²) in [7, 11) is 1.84. The summed E-state index contributed by atoms with van der Waals surface area (Å²) in [4.78, 5) is 17.7. The monoisotopic (exact) mass is 219 g/mol. The van der Waals surface area contributed by atoms with Gasteiger partial charge in [-0.3, -0.25) is 9.78 Å². The quantitative estimate of drug-likeness (QED) is 0.749. The SMILES string of the molecule is CN(C(=O)c1cc[c]nc1)C1CCOCC1. The highest BCUT2D eigenvalue weighted by Crippen LogP contribution is 2.15. The zero-order chi connectivity index (χ0) is 11.4. The van der Waals surface area contributed by atoms with Crippen molar-refractivity contribution < 1.29 is 9.53 Å². The van der Waals surface area contributed by atoms with Crippen LogP contribution >= 0.6 is 0 Å². The molecular formula is C12H15N2O2. The Labute approximate surface area is 95.2 Å². The van der Waals surface area contributed by atoms with E-state index in [1.807, 2.05) is 7.05 Å². The van der Waals surface area contributed by atoms with E-state index >= 15 is 0 Å². The molecule has 0 N–H and O–H groups in total. The van der Waals surface area contributed by atoms with E-state index in [-0.39, 0.29) is 11.9 Å². The number of carbonyl (C=O) groups is 1. The lowest BCUT2D eigenvalue weighted by molar-refractivity contribution is 0.0362. The maximum absolute atomic E-state index is 12.1. The van der Waals surface area contributed by atoms with Gasteiger partial charge in [-0.1, -0.05) is 0 Å². The fourth-order valence-corrected chi connectivity index (χ4v) is 1.89. The van der Waals surface area contributed by atoms with Crippen LogP contribution in [0.5, 0.6) is 0 Å². The molecule has 0 unspecified atom stereocenters. The molecule has 16 heavy (non-hydrogen) atoms. The average Bonchev–Trinajstić information content (AvgIpc) is 2.39. The van der Waals surface area contributed by atoms with Crippen LogP contribution < -0.4 is 0 Å². The molecule has 2 heterocycles. The largest absolute Gasteiger partial charge is 0.381 e. The lowest BCUT2D eigenvalue weighted by Gasteiger charge is -2.31. The maximum Gasteiger partial charge on any atom is 0.255 e. The van der Waals surface area contributed by atoms with Crippen molar-refractivity contribution in [1.82, 2.24) is 9.88 Å². The Morgan fingerprint density at radius 1 is 1.56 bits per heavy atom. The average molecular weight is 219 g/mol. The summed E-state index contributed by atoms with van der Waals surface area (Å²) < 4.78 is 5.28. The molecule has 1 aromatic rings. The number of amides is 1. The van der Waals surface area contributed by atoms with Gasteiger partial charge in [-0.2, -0.15) is 0 Å². The van der Waals surface area contributed by atoms with E-state index in [0.717, 1.165) is 26.1 Å². The van der Waals surface area contributed by atoms with Crippen molar-refractivity contribution in [2.24, 2.45) is 0 Å². The van der Waals surface area contributed by atoms with Gasteiger partial charge in [0.25, 0.3) is 5.91 Å². The number of hydrogen-bond donors (Lipinski definition) is 0. The molecule has 2 rings (SSSR count). The predicted molar refractivity (Wildman–Crippen MR) is 59.0 cm³/mol. The Morgan fingerprint density at radius 2 is 2.31 bits per heavy atom. The third kappa shape index (κ3) is 2.39. The number of nitrogens with zero attached hydrogens (tertiary/aromatic N) is 2. The first kappa shape index (κ1) is 11.1. The van der Waals surface area contributed by atoms with Gasteiger partial charge >= 0.3 is 0 Å². The van der Waals surface area contributed by atoms with Gasteiger partial charge in [0, 0.05) is 32.5 Å². The number of aromatic nitrogens is 1. The Morgan fingerprint density at radius 3 is 2.94 bits per heavy atom. The van der Waals surface area contributed by atoms with Gasteiger partial charge < -0.3 is 9.64 Å². The van der Waals surface area contributed by atoms with Crippen molar-refractivity contribution >= 4 is 5.91 Å². The van der Waals surface area contributed by atoms with Crippen molar-refractivity contribution in [3.63, 3.8) is 0 Å². The number of rotatable bonds is 2. The van der Waals surface area contributed by atoms with E-state index in [1.54, 1.807) is 23.2 Å². The third-order valence-electron chi connectivity index (χ3n) is 2.92. The van der Waals surface area contributed by atoms with Crippen molar-refractivity contribution in [3.05, 3.63) is 30.1 Å². The molecule has 0 spiro atoms. The van der Waals surface area contributed by atoms with Gasteiger partial charge in [0.05, 0.1) is 11.8 Å². The molecule has 4 heteroatoms. The fourth-order valence-electron chi connectivity index (χ4n) is 1.89. The molecule has 0 aliphatic carbocycles. The van der Waals surface area contributed by atoms with Crippen molar-refractivity contribution in [1.29, 1.82) is 0 Å². The summed E-state index contributed by atoms with van der Waals surface area (Å²) in [5.74, 6) is 0.0217. The van der Waals surface area contributed by atoms with Gasteiger partial charge in [-0.15, -0.1) is 0 Å². The lowest BCUT2D eigenvalue weighted by Crippen LogP contribution is -2.40. The first-order valence-electron chi connectivity index (χ1n) is 5.46. The summed E-state index contributed by atoms with van der Waals surface area (Å²) >= 11 is 0. The summed E-state index contributed by atoms with van der Waals surface area (Å²) in [6.07, 6.45) is 6.04. The van der Waals surface area contributed by atoms with E-state index in [1.165, 1.54) is 0 Å². The molecule has 0 saturated carbocycles. The van der Waals surface area contributed by atoms with Crippen LogP contribution in [0.25, 0.3) is 0 Å². The molecule has 1 aliphatic heterocycles. The van der Waals surface area contributed by atoms with Gasteiger partial charge in [0.1, 0.15) is 0 Å². The molecule has 4 nitrogen and oxygen atoms in total. The Hall–Kier alpha value is -1.42. The van der Waals surface area contributed by atoms with Crippen LogP contribution in [0.4, 0.5) is 0 Å². The van der Waals surface area contributed by atoms with Crippen LogP contribution in [0.15, 0.2) is 18.3 Å². The summed E-state index contributed by atoms with van der Waals surface area (Å²) in [6.45, 7) is 1.48. The minimum atomic E-state index is 0.0217. The minimum Gasteiger partial charge on any atom is -0.381 e. The fraction of sp³-hybridized carbons (Fsp3) is 0.500. The second-order valence-electron chi connectivity index (χ2n) is 3.94. The van der Waals surface area contributed by atoms with E-state index in [0.29, 0.717) is 5.56 Å². The van der Waals surface area contributed by atoms with Gasteiger partial charge in [-0.05, 0) is 25.0 Å². The number of carbonyl (C=O) groups excluding carboxylic acids is 1. The van der Waals surface area contributed by atoms with Crippen LogP contribution in [0.1, 0.15) is 23.2 Å². The highest BCUT2D eigenvalue weighted by atomic mass is 16.5. The molecular weight excluding hydrogens is 204 g/mol. The Kier molecular flexibility index (Phi) is 3.51. The van der Waals surface area contributed by atoms with Crippen molar-refractivity contribution in [2.75, 3.05) is 20.3 Å². The first-order chi connectivity index (χ1) is 7.79. The standard InChI is InChI=1S/C12H15N2O2/c1-14(11-4-7-16-8-5-11)12(15)10-3-2-6-13-9-10/h2-3,9,11H,4-5,7-8H2,1H3. The van der Waals surface area contributed by atoms with E-state index < -0.39 is 0 Å². The molecule has 1 fully saturated rings. The summed E-state index contributed by atoms with van der Waals surface area (Å²) in [5, 5.41) is 0. The van der Waals surface area contributed by atoms with Crippen LogP contribution in [0.3, 0.4) is 0 Å². The van der Waals surface area contributed by atoms with Gasteiger partial charge in [-0.25, -0.2) is 0 Å². The Bertz CT molecular complexity index is 347. The lowest BCUT2D eigenvalue weighted by atomic mass is 10.1. The minimum absolute atomic E-state index is 0.0217. The number of hydrogen-bond acceptors (Lipinski definition) is 3. The normalized spacial score (nSPS) is 17.1. The molecule has 1 radical (unpaired) electrons. The van der Waals surface area contributed by atoms with Crippen LogP contribution in [-0.2, 0) is 4.74 Å².